The second-order valence-corrected chi connectivity index (χ2v) is 4.61. The number of aliphatic hydroxyl groups is 1. The molecular weight excluding hydrogens is 332 g/mol. The van der Waals surface area contributed by atoms with Gasteiger partial charge in [0.15, 0.2) is 17.5 Å². The van der Waals surface area contributed by atoms with E-state index in [2.05, 4.69) is 10.1 Å². The highest BCUT2D eigenvalue weighted by Gasteiger charge is 2.30. The molecule has 130 valence electrons. The Hall–Kier alpha value is -1.81. The van der Waals surface area contributed by atoms with Crippen molar-refractivity contribution in [2.45, 2.75) is 25.2 Å². The number of hydrogen-bond acceptors (Lipinski definition) is 3. The minimum absolute atomic E-state index is 0.291. The SMILES string of the molecule is CC(OCC(F)(F)F)C(=O)NC(CO)c1cc(F)c(F)c(F)c1. The fourth-order valence-corrected chi connectivity index (χ4v) is 1.59. The van der Waals surface area contributed by atoms with Crippen LogP contribution in [0.5, 0.6) is 0 Å². The third kappa shape index (κ3) is 5.71. The third-order valence-corrected chi connectivity index (χ3v) is 2.77. The molecule has 1 aromatic rings. The van der Waals surface area contributed by atoms with Crippen LogP contribution < -0.4 is 5.32 Å². The Morgan fingerprint density at radius 1 is 1.26 bits per heavy atom. The minimum Gasteiger partial charge on any atom is -0.394 e. The van der Waals surface area contributed by atoms with Crippen molar-refractivity contribution < 1.29 is 41.0 Å². The molecule has 4 nitrogen and oxygen atoms in total. The van der Waals surface area contributed by atoms with Gasteiger partial charge in [-0.3, -0.25) is 4.79 Å². The number of benzene rings is 1. The van der Waals surface area contributed by atoms with E-state index in [0.717, 1.165) is 6.92 Å². The predicted molar refractivity (Wildman–Crippen MR) is 65.8 cm³/mol. The zero-order chi connectivity index (χ0) is 17.8. The first-order chi connectivity index (χ1) is 10.5. The molecule has 0 aromatic heterocycles. The molecule has 0 aliphatic heterocycles. The lowest BCUT2D eigenvalue weighted by Gasteiger charge is -2.20. The molecular formula is C13H13F6NO3. The molecule has 1 rings (SSSR count). The summed E-state index contributed by atoms with van der Waals surface area (Å²) in [4.78, 5) is 11.7. The summed E-state index contributed by atoms with van der Waals surface area (Å²) in [7, 11) is 0. The molecule has 2 unspecified atom stereocenters. The molecule has 10 heteroatoms. The Morgan fingerprint density at radius 2 is 1.78 bits per heavy atom. The van der Waals surface area contributed by atoms with Crippen molar-refractivity contribution in [3.8, 4) is 0 Å². The second-order valence-electron chi connectivity index (χ2n) is 4.61. The molecule has 0 fully saturated rings. The summed E-state index contributed by atoms with van der Waals surface area (Å²) in [6.45, 7) is -1.45. The van der Waals surface area contributed by atoms with Crippen molar-refractivity contribution in [2.75, 3.05) is 13.2 Å². The summed E-state index contributed by atoms with van der Waals surface area (Å²) >= 11 is 0. The summed E-state index contributed by atoms with van der Waals surface area (Å²) in [5, 5.41) is 11.2. The largest absolute Gasteiger partial charge is 0.411 e. The van der Waals surface area contributed by atoms with Gasteiger partial charge in [0.2, 0.25) is 5.91 Å². The molecule has 2 atom stereocenters. The van der Waals surface area contributed by atoms with Crippen LogP contribution >= 0.6 is 0 Å². The van der Waals surface area contributed by atoms with Crippen LogP contribution in [0, 0.1) is 17.5 Å². The predicted octanol–water partition coefficient (Wildman–Crippen LogP) is 2.22. The molecule has 0 saturated carbocycles. The summed E-state index contributed by atoms with van der Waals surface area (Å²) in [5.41, 5.74) is -0.291. The molecule has 1 aromatic carbocycles. The van der Waals surface area contributed by atoms with E-state index in [-0.39, 0.29) is 5.56 Å². The van der Waals surface area contributed by atoms with Gasteiger partial charge in [-0.1, -0.05) is 0 Å². The van der Waals surface area contributed by atoms with Crippen LogP contribution in [-0.2, 0) is 9.53 Å². The number of carbonyl (C=O) groups is 1. The number of rotatable bonds is 6. The van der Waals surface area contributed by atoms with Gasteiger partial charge < -0.3 is 15.2 Å². The maximum Gasteiger partial charge on any atom is 0.411 e. The first-order valence-corrected chi connectivity index (χ1v) is 6.29. The van der Waals surface area contributed by atoms with Gasteiger partial charge in [-0.15, -0.1) is 0 Å². The Labute approximate surface area is 127 Å². The van der Waals surface area contributed by atoms with Crippen LogP contribution in [0.4, 0.5) is 26.3 Å². The highest BCUT2D eigenvalue weighted by atomic mass is 19.4. The molecule has 0 saturated heterocycles. The summed E-state index contributed by atoms with van der Waals surface area (Å²) in [5.74, 6) is -5.83. The van der Waals surface area contributed by atoms with E-state index in [1.54, 1.807) is 0 Å². The topological polar surface area (TPSA) is 58.6 Å². The lowest BCUT2D eigenvalue weighted by molar-refractivity contribution is -0.185. The number of hydrogen-bond donors (Lipinski definition) is 2. The highest BCUT2D eigenvalue weighted by Crippen LogP contribution is 2.20. The van der Waals surface area contributed by atoms with E-state index < -0.39 is 54.9 Å². The standard InChI is InChI=1S/C13H13F6NO3/c1-6(23-5-13(17,18)19)12(22)20-10(4-21)7-2-8(14)11(16)9(15)3-7/h2-3,6,10,21H,4-5H2,1H3,(H,20,22). The molecule has 0 radical (unpaired) electrons. The number of aliphatic hydroxyl groups excluding tert-OH is 1. The van der Waals surface area contributed by atoms with Crippen LogP contribution in [0.2, 0.25) is 0 Å². The van der Waals surface area contributed by atoms with Gasteiger partial charge >= 0.3 is 6.18 Å². The number of alkyl halides is 3. The molecule has 1 amide bonds. The van der Waals surface area contributed by atoms with E-state index in [0.29, 0.717) is 12.1 Å². The number of carbonyl (C=O) groups excluding carboxylic acids is 1. The second kappa shape index (κ2) is 7.64. The first kappa shape index (κ1) is 19.2. The number of halogens is 6. The molecule has 0 bridgehead atoms. The van der Waals surface area contributed by atoms with Crippen molar-refractivity contribution in [1.29, 1.82) is 0 Å². The number of nitrogens with one attached hydrogen (secondary N) is 1. The maximum atomic E-state index is 13.1. The smallest absolute Gasteiger partial charge is 0.394 e. The van der Waals surface area contributed by atoms with Crippen molar-refractivity contribution in [1.82, 2.24) is 5.32 Å². The van der Waals surface area contributed by atoms with Crippen molar-refractivity contribution in [3.63, 3.8) is 0 Å². The fourth-order valence-electron chi connectivity index (χ4n) is 1.59. The Bertz CT molecular complexity index is 540. The van der Waals surface area contributed by atoms with E-state index in [9.17, 15) is 31.1 Å². The summed E-state index contributed by atoms with van der Waals surface area (Å²) in [6.07, 6.45) is -6.16. The average molecular weight is 345 g/mol. The van der Waals surface area contributed by atoms with Gasteiger partial charge in [0.25, 0.3) is 0 Å². The van der Waals surface area contributed by atoms with Crippen molar-refractivity contribution >= 4 is 5.91 Å². The zero-order valence-corrected chi connectivity index (χ0v) is 11.8. The zero-order valence-electron chi connectivity index (χ0n) is 11.8. The molecule has 0 spiro atoms. The van der Waals surface area contributed by atoms with Gasteiger partial charge in [-0.2, -0.15) is 13.2 Å². The summed E-state index contributed by atoms with van der Waals surface area (Å²) < 4.78 is 79.3. The van der Waals surface area contributed by atoms with Crippen LogP contribution in [0.1, 0.15) is 18.5 Å². The van der Waals surface area contributed by atoms with Crippen LogP contribution in [0.15, 0.2) is 12.1 Å². The fraction of sp³-hybridized carbons (Fsp3) is 0.462. The Morgan fingerprint density at radius 3 is 2.22 bits per heavy atom. The number of amides is 1. The van der Waals surface area contributed by atoms with Gasteiger partial charge in [-0.05, 0) is 24.6 Å². The first-order valence-electron chi connectivity index (χ1n) is 6.29. The van der Waals surface area contributed by atoms with E-state index in [1.807, 2.05) is 0 Å². The minimum atomic E-state index is -4.63. The average Bonchev–Trinajstić information content (AvgIpc) is 2.46. The van der Waals surface area contributed by atoms with Crippen molar-refractivity contribution in [3.05, 3.63) is 35.1 Å². The monoisotopic (exact) mass is 345 g/mol. The number of ether oxygens (including phenoxy) is 1. The van der Waals surface area contributed by atoms with Crippen LogP contribution in [0.25, 0.3) is 0 Å². The van der Waals surface area contributed by atoms with Gasteiger partial charge in [0.1, 0.15) is 12.7 Å². The Balaban J connectivity index is 2.78. The van der Waals surface area contributed by atoms with E-state index in [4.69, 9.17) is 5.11 Å². The maximum absolute atomic E-state index is 13.1. The van der Waals surface area contributed by atoms with Crippen LogP contribution in [0.3, 0.4) is 0 Å². The quantitative estimate of drug-likeness (QED) is 0.614. The normalized spacial score (nSPS) is 14.4. The van der Waals surface area contributed by atoms with E-state index in [1.165, 1.54) is 0 Å². The molecule has 0 aliphatic rings. The molecule has 2 N–H and O–H groups in total. The third-order valence-electron chi connectivity index (χ3n) is 2.77. The lowest BCUT2D eigenvalue weighted by atomic mass is 10.1. The van der Waals surface area contributed by atoms with Crippen LogP contribution in [-0.4, -0.2) is 36.5 Å². The van der Waals surface area contributed by atoms with Crippen molar-refractivity contribution in [2.24, 2.45) is 0 Å². The molecule has 0 aliphatic carbocycles. The highest BCUT2D eigenvalue weighted by molar-refractivity contribution is 5.80. The Kier molecular flexibility index (Phi) is 6.39. The molecule has 0 heterocycles. The lowest BCUT2D eigenvalue weighted by Crippen LogP contribution is -2.39. The van der Waals surface area contributed by atoms with Gasteiger partial charge in [0.05, 0.1) is 12.6 Å². The van der Waals surface area contributed by atoms with E-state index >= 15 is 0 Å². The van der Waals surface area contributed by atoms with Gasteiger partial charge in [0, 0.05) is 0 Å². The summed E-state index contributed by atoms with van der Waals surface area (Å²) in [6, 6.07) is -0.231. The molecule has 23 heavy (non-hydrogen) atoms. The van der Waals surface area contributed by atoms with Gasteiger partial charge in [-0.25, -0.2) is 13.2 Å².